The fourth-order valence-electron chi connectivity index (χ4n) is 6.67. The monoisotopic (exact) mass is 776 g/mol. The maximum atomic E-state index is 5.26. The smallest absolute Gasteiger partial charge is 0.373 e. The SMILES string of the molecule is Cc1cc(C)c(-c2nn(-c3[c-]c4c(cc3)c3ccccc3n4-c3[c-]c(-c4nccn4C)ccc3)cc2-c2ccccc2)c(C)c1.[Pt+2]. The molecule has 5 nitrogen and oxygen atoms in total. The third-order valence-corrected chi connectivity index (χ3v) is 8.61. The van der Waals surface area contributed by atoms with Crippen molar-refractivity contribution in [1.82, 2.24) is 23.9 Å². The third kappa shape index (κ3) is 4.92. The van der Waals surface area contributed by atoms with Crippen LogP contribution in [0.15, 0.2) is 116 Å². The van der Waals surface area contributed by atoms with E-state index in [0.29, 0.717) is 0 Å². The molecule has 0 saturated carbocycles. The van der Waals surface area contributed by atoms with Crippen LogP contribution < -0.4 is 0 Å². The van der Waals surface area contributed by atoms with Crippen molar-refractivity contribution in [2.45, 2.75) is 20.8 Å². The van der Waals surface area contributed by atoms with Crippen molar-refractivity contribution in [2.24, 2.45) is 7.05 Å². The zero-order chi connectivity index (χ0) is 30.7. The van der Waals surface area contributed by atoms with E-state index in [1.807, 2.05) is 28.7 Å². The number of aryl methyl sites for hydroxylation is 4. The molecule has 8 rings (SSSR count). The van der Waals surface area contributed by atoms with Crippen LogP contribution in [0.1, 0.15) is 16.7 Å². The minimum atomic E-state index is 0. The molecule has 8 aromatic rings. The molecule has 0 N–H and O–H groups in total. The van der Waals surface area contributed by atoms with E-state index < -0.39 is 0 Å². The average molecular weight is 777 g/mol. The normalized spacial score (nSPS) is 11.3. The van der Waals surface area contributed by atoms with Crippen molar-refractivity contribution >= 4 is 21.8 Å². The Morgan fingerprint density at radius 3 is 2.24 bits per heavy atom. The third-order valence-electron chi connectivity index (χ3n) is 8.61. The topological polar surface area (TPSA) is 40.6 Å². The standard InChI is InChI=1S/C40H31N5.Pt/c1-26-21-27(2)38(28(3)22-26)39-35(29-11-6-5-7-12-29)25-44(42-39)31-17-18-34-33-15-8-9-16-36(33)45(37(34)24-31)32-14-10-13-30(23-32)40-41-19-20-43(40)4;/h5-22,25H,1-4H3;/q-2;+2. The molecule has 3 aromatic heterocycles. The molecule has 0 bridgehead atoms. The van der Waals surface area contributed by atoms with Crippen molar-refractivity contribution in [3.05, 3.63) is 144 Å². The second-order valence-corrected chi connectivity index (χ2v) is 11.7. The molecule has 0 amide bonds. The number of benzene rings is 5. The van der Waals surface area contributed by atoms with E-state index >= 15 is 0 Å². The molecule has 6 heteroatoms. The Kier molecular flexibility index (Phi) is 7.58. The summed E-state index contributed by atoms with van der Waals surface area (Å²) in [5.74, 6) is 0.876. The van der Waals surface area contributed by atoms with Gasteiger partial charge in [0, 0.05) is 42.3 Å². The van der Waals surface area contributed by atoms with Gasteiger partial charge in [0.25, 0.3) is 0 Å². The van der Waals surface area contributed by atoms with Gasteiger partial charge in [-0.1, -0.05) is 71.7 Å². The molecule has 0 spiro atoms. The summed E-state index contributed by atoms with van der Waals surface area (Å²) in [5.41, 5.74) is 12.9. The van der Waals surface area contributed by atoms with E-state index in [-0.39, 0.29) is 21.1 Å². The second-order valence-electron chi connectivity index (χ2n) is 11.7. The summed E-state index contributed by atoms with van der Waals surface area (Å²) in [4.78, 5) is 4.57. The Bertz CT molecular complexity index is 2350. The van der Waals surface area contributed by atoms with Gasteiger partial charge >= 0.3 is 21.1 Å². The van der Waals surface area contributed by atoms with Crippen molar-refractivity contribution in [3.63, 3.8) is 0 Å². The van der Waals surface area contributed by atoms with E-state index in [2.05, 4.69) is 146 Å². The van der Waals surface area contributed by atoms with Crippen LogP contribution in [0.3, 0.4) is 0 Å². The summed E-state index contributed by atoms with van der Waals surface area (Å²) < 4.78 is 6.24. The fraction of sp³-hybridized carbons (Fsp3) is 0.100. The molecule has 46 heavy (non-hydrogen) atoms. The van der Waals surface area contributed by atoms with Crippen LogP contribution >= 0.6 is 0 Å². The molecule has 0 unspecified atom stereocenters. The van der Waals surface area contributed by atoms with Crippen LogP contribution in [0.2, 0.25) is 0 Å². The number of imidazole rings is 1. The van der Waals surface area contributed by atoms with Crippen LogP contribution in [0.5, 0.6) is 0 Å². The molecular formula is C40H31N5Pt. The van der Waals surface area contributed by atoms with Gasteiger partial charge < -0.3 is 9.13 Å². The zero-order valence-electron chi connectivity index (χ0n) is 26.0. The molecule has 0 aliphatic rings. The number of fused-ring (bicyclic) bond motifs is 3. The van der Waals surface area contributed by atoms with Gasteiger partial charge in [-0.15, -0.1) is 47.3 Å². The van der Waals surface area contributed by atoms with Crippen molar-refractivity contribution in [2.75, 3.05) is 0 Å². The van der Waals surface area contributed by atoms with Gasteiger partial charge in [-0.25, -0.2) is 0 Å². The summed E-state index contributed by atoms with van der Waals surface area (Å²) in [7, 11) is 2.00. The van der Waals surface area contributed by atoms with E-state index in [9.17, 15) is 0 Å². The van der Waals surface area contributed by atoms with Gasteiger partial charge in [-0.2, -0.15) is 11.2 Å². The van der Waals surface area contributed by atoms with Crippen molar-refractivity contribution in [1.29, 1.82) is 0 Å². The molecule has 0 aliphatic heterocycles. The van der Waals surface area contributed by atoms with Crippen LogP contribution in [-0.2, 0) is 28.1 Å². The fourth-order valence-corrected chi connectivity index (χ4v) is 6.67. The number of aromatic nitrogens is 5. The van der Waals surface area contributed by atoms with Crippen LogP contribution in [0.4, 0.5) is 0 Å². The Balaban J connectivity index is 0.00000338. The Labute approximate surface area is 283 Å². The summed E-state index contributed by atoms with van der Waals surface area (Å²) in [6.07, 6.45) is 5.91. The molecule has 0 fully saturated rings. The molecule has 3 heterocycles. The van der Waals surface area contributed by atoms with Gasteiger partial charge in [-0.3, -0.25) is 9.67 Å². The number of nitrogens with zero attached hydrogens (tertiary/aromatic N) is 5. The van der Waals surface area contributed by atoms with Gasteiger partial charge in [0.05, 0.1) is 5.82 Å². The summed E-state index contributed by atoms with van der Waals surface area (Å²) >= 11 is 0. The largest absolute Gasteiger partial charge is 2.00 e. The van der Waals surface area contributed by atoms with Crippen molar-refractivity contribution in [3.8, 4) is 45.1 Å². The van der Waals surface area contributed by atoms with Gasteiger partial charge in [0.2, 0.25) is 0 Å². The molecule has 226 valence electrons. The van der Waals surface area contributed by atoms with E-state index in [1.165, 1.54) is 27.6 Å². The summed E-state index contributed by atoms with van der Waals surface area (Å²) in [5, 5.41) is 7.56. The first-order valence-corrected chi connectivity index (χ1v) is 15.2. The van der Waals surface area contributed by atoms with Crippen LogP contribution in [0, 0.1) is 32.9 Å². The zero-order valence-corrected chi connectivity index (χ0v) is 28.3. The predicted molar refractivity (Wildman–Crippen MR) is 183 cm³/mol. The minimum Gasteiger partial charge on any atom is -0.373 e. The van der Waals surface area contributed by atoms with E-state index in [4.69, 9.17) is 5.10 Å². The number of para-hydroxylation sites is 1. The number of hydrogen-bond acceptors (Lipinski definition) is 2. The minimum absolute atomic E-state index is 0. The Hall–Kier alpha value is -4.99. The van der Waals surface area contributed by atoms with Crippen molar-refractivity contribution < 1.29 is 21.1 Å². The maximum absolute atomic E-state index is 5.26. The second kappa shape index (κ2) is 11.7. The predicted octanol–water partition coefficient (Wildman–Crippen LogP) is 9.23. The first kappa shape index (κ1) is 29.7. The van der Waals surface area contributed by atoms with E-state index in [0.717, 1.165) is 56.0 Å². The van der Waals surface area contributed by atoms with Crippen LogP contribution in [0.25, 0.3) is 67.0 Å². The summed E-state index contributed by atoms with van der Waals surface area (Å²) in [6, 6.07) is 41.4. The van der Waals surface area contributed by atoms with Gasteiger partial charge in [0.15, 0.2) is 0 Å². The number of hydrogen-bond donors (Lipinski definition) is 0. The molecule has 0 atom stereocenters. The maximum Gasteiger partial charge on any atom is 2.00 e. The van der Waals surface area contributed by atoms with Gasteiger partial charge in [0.1, 0.15) is 5.69 Å². The average Bonchev–Trinajstić information content (AvgIpc) is 3.76. The first-order valence-electron chi connectivity index (χ1n) is 15.2. The molecule has 0 radical (unpaired) electrons. The summed E-state index contributed by atoms with van der Waals surface area (Å²) in [6.45, 7) is 6.50. The van der Waals surface area contributed by atoms with E-state index in [1.54, 1.807) is 0 Å². The van der Waals surface area contributed by atoms with Gasteiger partial charge in [-0.05, 0) is 60.3 Å². The Morgan fingerprint density at radius 1 is 0.717 bits per heavy atom. The quantitative estimate of drug-likeness (QED) is 0.164. The number of rotatable bonds is 5. The Morgan fingerprint density at radius 2 is 1.48 bits per heavy atom. The van der Waals surface area contributed by atoms with Crippen LogP contribution in [-0.4, -0.2) is 23.9 Å². The molecule has 5 aromatic carbocycles. The molecule has 0 saturated heterocycles. The molecular weight excluding hydrogens is 746 g/mol. The molecule has 0 aliphatic carbocycles. The first-order chi connectivity index (χ1) is 22.0.